The molecule has 6 rings (SSSR count). The van der Waals surface area contributed by atoms with Crippen molar-refractivity contribution in [3.8, 4) is 53.3 Å². The van der Waals surface area contributed by atoms with Gasteiger partial charge in [0, 0.05) is 53.9 Å². The Hall–Kier alpha value is -3.66. The molecule has 0 bridgehead atoms. The van der Waals surface area contributed by atoms with Gasteiger partial charge in [-0.15, -0.1) is 22.7 Å². The summed E-state index contributed by atoms with van der Waals surface area (Å²) < 4.78 is 49.6. The number of hydrogen-bond donors (Lipinski definition) is 0. The van der Waals surface area contributed by atoms with Crippen LogP contribution in [0.4, 0.5) is 8.78 Å². The van der Waals surface area contributed by atoms with Gasteiger partial charge < -0.3 is 9.47 Å². The molecule has 0 spiro atoms. The van der Waals surface area contributed by atoms with E-state index in [9.17, 15) is 8.78 Å². The first-order valence-corrected chi connectivity index (χ1v) is 14.7. The van der Waals surface area contributed by atoms with Crippen LogP contribution in [0.5, 0.6) is 11.5 Å². The van der Waals surface area contributed by atoms with Crippen LogP contribution in [0.3, 0.4) is 0 Å². The molecule has 0 aliphatic carbocycles. The Bertz CT molecular complexity index is 1660. The first-order chi connectivity index (χ1) is 19.1. The van der Waals surface area contributed by atoms with Crippen LogP contribution >= 0.6 is 34.4 Å². The standard InChI is InChI=1S/C30H22F2N2O2S3/c1-3-35-17-5-7-19(23(31)15-17)25-11-13-27(37-25)21-9-10-22(30-29(21)33-39-34-30)28-14-12-26(38-28)20-8-6-18(36-4-2)16-24(20)32/h5-16H,3-4H2,1-2H3. The zero-order chi connectivity index (χ0) is 26.9. The van der Waals surface area contributed by atoms with Gasteiger partial charge in [0.05, 0.1) is 24.9 Å². The molecule has 0 saturated heterocycles. The quantitative estimate of drug-likeness (QED) is 0.181. The largest absolute Gasteiger partial charge is 0.494 e. The molecule has 0 saturated carbocycles. The lowest BCUT2D eigenvalue weighted by molar-refractivity contribution is 0.338. The van der Waals surface area contributed by atoms with E-state index in [0.29, 0.717) is 35.8 Å². The molecule has 196 valence electrons. The Morgan fingerprint density at radius 3 is 1.33 bits per heavy atom. The molecular formula is C30H22F2N2O2S3. The molecule has 6 aromatic rings. The highest BCUT2D eigenvalue weighted by Gasteiger charge is 2.18. The minimum Gasteiger partial charge on any atom is -0.494 e. The van der Waals surface area contributed by atoms with E-state index in [4.69, 9.17) is 9.47 Å². The highest BCUT2D eigenvalue weighted by Crippen LogP contribution is 2.43. The van der Waals surface area contributed by atoms with Crippen LogP contribution in [0.1, 0.15) is 13.8 Å². The smallest absolute Gasteiger partial charge is 0.135 e. The molecule has 0 unspecified atom stereocenters. The highest BCUT2D eigenvalue weighted by atomic mass is 32.1. The van der Waals surface area contributed by atoms with Crippen molar-refractivity contribution in [1.29, 1.82) is 0 Å². The van der Waals surface area contributed by atoms with Crippen molar-refractivity contribution in [2.24, 2.45) is 0 Å². The number of hydrogen-bond acceptors (Lipinski definition) is 7. The number of aromatic nitrogens is 2. The molecule has 4 nitrogen and oxygen atoms in total. The van der Waals surface area contributed by atoms with Crippen molar-refractivity contribution in [3.05, 3.63) is 84.4 Å². The highest BCUT2D eigenvalue weighted by molar-refractivity contribution is 7.19. The minimum absolute atomic E-state index is 0.317. The number of fused-ring (bicyclic) bond motifs is 1. The number of rotatable bonds is 8. The number of nitrogens with zero attached hydrogens (tertiary/aromatic N) is 2. The van der Waals surface area contributed by atoms with E-state index in [2.05, 4.69) is 8.75 Å². The fraction of sp³-hybridized carbons (Fsp3) is 0.133. The summed E-state index contributed by atoms with van der Waals surface area (Å²) >= 11 is 4.17. The van der Waals surface area contributed by atoms with Crippen LogP contribution in [0, 0.1) is 11.6 Å². The molecule has 0 fully saturated rings. The van der Waals surface area contributed by atoms with Gasteiger partial charge in [-0.3, -0.25) is 0 Å². The molecule has 0 N–H and O–H groups in total. The number of benzene rings is 3. The summed E-state index contributed by atoms with van der Waals surface area (Å²) in [6.07, 6.45) is 0. The van der Waals surface area contributed by atoms with Crippen LogP contribution in [-0.2, 0) is 0 Å². The number of ether oxygens (including phenoxy) is 2. The van der Waals surface area contributed by atoms with Gasteiger partial charge in [0.1, 0.15) is 34.2 Å². The van der Waals surface area contributed by atoms with Crippen molar-refractivity contribution >= 4 is 45.4 Å². The summed E-state index contributed by atoms with van der Waals surface area (Å²) in [5, 5.41) is 0. The predicted octanol–water partition coefficient (Wildman–Crippen LogP) is 9.56. The summed E-state index contributed by atoms with van der Waals surface area (Å²) in [6, 6.07) is 21.8. The second-order valence-electron chi connectivity index (χ2n) is 8.60. The fourth-order valence-electron chi connectivity index (χ4n) is 4.42. The Morgan fingerprint density at radius 2 is 0.949 bits per heavy atom. The van der Waals surface area contributed by atoms with Crippen molar-refractivity contribution in [3.63, 3.8) is 0 Å². The molecule has 0 radical (unpaired) electrons. The predicted molar refractivity (Wildman–Crippen MR) is 157 cm³/mol. The van der Waals surface area contributed by atoms with Crippen LogP contribution in [0.2, 0.25) is 0 Å². The van der Waals surface area contributed by atoms with E-state index in [-0.39, 0.29) is 11.6 Å². The third-order valence-corrected chi connectivity index (χ3v) is 9.02. The normalized spacial score (nSPS) is 11.3. The van der Waals surface area contributed by atoms with Crippen LogP contribution < -0.4 is 9.47 Å². The van der Waals surface area contributed by atoms with Gasteiger partial charge in [-0.1, -0.05) is 12.1 Å². The third-order valence-electron chi connectivity index (χ3n) is 6.19. The SMILES string of the molecule is CCOc1ccc(-c2ccc(-c3ccc(-c4ccc(-c5ccc(OCC)cc5F)s4)c4nsnc34)s2)c(F)c1. The molecule has 0 aliphatic heterocycles. The molecule has 9 heteroatoms. The topological polar surface area (TPSA) is 44.2 Å². The summed E-state index contributed by atoms with van der Waals surface area (Å²) in [4.78, 5) is 3.61. The number of halogens is 2. The maximum absolute atomic E-state index is 14.8. The van der Waals surface area contributed by atoms with E-state index in [1.165, 1.54) is 34.8 Å². The van der Waals surface area contributed by atoms with E-state index in [1.54, 1.807) is 24.3 Å². The average molecular weight is 577 g/mol. The van der Waals surface area contributed by atoms with Gasteiger partial charge >= 0.3 is 0 Å². The van der Waals surface area contributed by atoms with Crippen LogP contribution in [0.25, 0.3) is 52.8 Å². The van der Waals surface area contributed by atoms with Gasteiger partial charge in [-0.25, -0.2) is 8.78 Å². The Morgan fingerprint density at radius 1 is 0.564 bits per heavy atom. The van der Waals surface area contributed by atoms with Gasteiger partial charge in [0.15, 0.2) is 0 Å². The second-order valence-corrected chi connectivity index (χ2v) is 11.3. The Balaban J connectivity index is 1.33. The first kappa shape index (κ1) is 25.6. The average Bonchev–Trinajstić information content (AvgIpc) is 3.70. The Kier molecular flexibility index (Phi) is 7.12. The molecule has 3 aromatic carbocycles. The van der Waals surface area contributed by atoms with E-state index >= 15 is 0 Å². The summed E-state index contributed by atoms with van der Waals surface area (Å²) in [5.74, 6) is 0.400. The van der Waals surface area contributed by atoms with Crippen molar-refractivity contribution in [2.75, 3.05) is 13.2 Å². The van der Waals surface area contributed by atoms with Gasteiger partial charge in [0.2, 0.25) is 0 Å². The lowest BCUT2D eigenvalue weighted by Gasteiger charge is -2.06. The lowest BCUT2D eigenvalue weighted by atomic mass is 10.1. The van der Waals surface area contributed by atoms with Crippen molar-refractivity contribution in [2.45, 2.75) is 13.8 Å². The lowest BCUT2D eigenvalue weighted by Crippen LogP contribution is -1.92. The zero-order valence-corrected chi connectivity index (χ0v) is 23.5. The van der Waals surface area contributed by atoms with Gasteiger partial charge in [-0.05, 0) is 62.4 Å². The molecule has 3 heterocycles. The molecule has 0 atom stereocenters. The monoisotopic (exact) mass is 576 g/mol. The molecule has 0 amide bonds. The molecular weight excluding hydrogens is 555 g/mol. The molecule has 39 heavy (non-hydrogen) atoms. The van der Waals surface area contributed by atoms with E-state index < -0.39 is 0 Å². The van der Waals surface area contributed by atoms with Crippen molar-refractivity contribution < 1.29 is 18.3 Å². The first-order valence-electron chi connectivity index (χ1n) is 12.4. The summed E-state index contributed by atoms with van der Waals surface area (Å²) in [7, 11) is 0. The number of thiophene rings is 2. The Labute approximate surface area is 236 Å². The van der Waals surface area contributed by atoms with E-state index in [1.807, 2.05) is 50.2 Å². The zero-order valence-electron chi connectivity index (χ0n) is 21.0. The fourth-order valence-corrected chi connectivity index (χ4v) is 7.12. The molecule has 0 aliphatic rings. The maximum Gasteiger partial charge on any atom is 0.135 e. The van der Waals surface area contributed by atoms with E-state index in [0.717, 1.165) is 53.4 Å². The molecule has 3 aromatic heterocycles. The maximum atomic E-state index is 14.8. The minimum atomic E-state index is -0.317. The van der Waals surface area contributed by atoms with Crippen LogP contribution in [-0.4, -0.2) is 22.0 Å². The summed E-state index contributed by atoms with van der Waals surface area (Å²) in [6.45, 7) is 4.72. The van der Waals surface area contributed by atoms with Gasteiger partial charge in [-0.2, -0.15) is 8.75 Å². The third kappa shape index (κ3) is 4.93. The van der Waals surface area contributed by atoms with Gasteiger partial charge in [0.25, 0.3) is 0 Å². The second kappa shape index (κ2) is 10.8. The van der Waals surface area contributed by atoms with Crippen molar-refractivity contribution in [1.82, 2.24) is 8.75 Å². The van der Waals surface area contributed by atoms with Crippen LogP contribution in [0.15, 0.2) is 72.8 Å². The summed E-state index contributed by atoms with van der Waals surface area (Å²) in [5.41, 5.74) is 4.54.